The Morgan fingerprint density at radius 2 is 2.20 bits per heavy atom. The molecule has 112 valence electrons. The van der Waals surface area contributed by atoms with Gasteiger partial charge in [-0.3, -0.25) is 4.79 Å². The first-order chi connectivity index (χ1) is 9.30. The Morgan fingerprint density at radius 1 is 1.50 bits per heavy atom. The molecule has 0 saturated carbocycles. The second-order valence-corrected chi connectivity index (χ2v) is 6.21. The van der Waals surface area contributed by atoms with Gasteiger partial charge in [-0.15, -0.1) is 0 Å². The number of hydrogen-bond acceptors (Lipinski definition) is 4. The van der Waals surface area contributed by atoms with E-state index in [-0.39, 0.29) is 17.4 Å². The van der Waals surface area contributed by atoms with Gasteiger partial charge in [0.05, 0.1) is 7.11 Å². The van der Waals surface area contributed by atoms with Crippen LogP contribution in [0.2, 0.25) is 0 Å². The zero-order valence-corrected chi connectivity index (χ0v) is 12.8. The van der Waals surface area contributed by atoms with Gasteiger partial charge in [0.25, 0.3) is 0 Å². The Balaban J connectivity index is 2.39. The average molecular weight is 279 g/mol. The summed E-state index contributed by atoms with van der Waals surface area (Å²) >= 11 is 0. The number of aromatic nitrogens is 1. The van der Waals surface area contributed by atoms with Crippen LogP contribution in [-0.4, -0.2) is 24.0 Å². The van der Waals surface area contributed by atoms with Gasteiger partial charge in [-0.25, -0.2) is 4.98 Å². The van der Waals surface area contributed by atoms with E-state index in [4.69, 9.17) is 10.5 Å². The first-order valence-corrected chi connectivity index (χ1v) is 6.81. The highest BCUT2D eigenvalue weighted by Crippen LogP contribution is 2.20. The molecule has 1 aromatic heterocycles. The van der Waals surface area contributed by atoms with Crippen molar-refractivity contribution in [3.8, 4) is 5.88 Å². The summed E-state index contributed by atoms with van der Waals surface area (Å²) < 4.78 is 5.04. The standard InChI is InChI=1S/C15H25N3O2/c1-15(2,3)9-12(16)8-13(19)18-10-11-5-6-17-14(7-11)20-4/h5-7,12H,8-10,16H2,1-4H3,(H,18,19). The SMILES string of the molecule is COc1cc(CNC(=O)CC(N)CC(C)(C)C)ccn1. The minimum Gasteiger partial charge on any atom is -0.481 e. The van der Waals surface area contributed by atoms with Gasteiger partial charge in [-0.05, 0) is 23.5 Å². The topological polar surface area (TPSA) is 77.2 Å². The molecule has 20 heavy (non-hydrogen) atoms. The van der Waals surface area contributed by atoms with Crippen molar-refractivity contribution in [1.29, 1.82) is 0 Å². The monoisotopic (exact) mass is 279 g/mol. The van der Waals surface area contributed by atoms with Crippen molar-refractivity contribution in [2.75, 3.05) is 7.11 Å². The molecular formula is C15H25N3O2. The van der Waals surface area contributed by atoms with E-state index < -0.39 is 0 Å². The van der Waals surface area contributed by atoms with Crippen LogP contribution in [0.4, 0.5) is 0 Å². The maximum absolute atomic E-state index is 11.8. The molecule has 1 rings (SSSR count). The maximum atomic E-state index is 11.8. The van der Waals surface area contributed by atoms with Crippen molar-refractivity contribution in [3.05, 3.63) is 23.9 Å². The molecular weight excluding hydrogens is 254 g/mol. The lowest BCUT2D eigenvalue weighted by molar-refractivity contribution is -0.121. The van der Waals surface area contributed by atoms with E-state index in [9.17, 15) is 4.79 Å². The maximum Gasteiger partial charge on any atom is 0.221 e. The predicted molar refractivity (Wildman–Crippen MR) is 79.3 cm³/mol. The lowest BCUT2D eigenvalue weighted by Crippen LogP contribution is -2.34. The lowest BCUT2D eigenvalue weighted by atomic mass is 9.87. The summed E-state index contributed by atoms with van der Waals surface area (Å²) in [7, 11) is 1.57. The molecule has 0 aliphatic heterocycles. The summed E-state index contributed by atoms with van der Waals surface area (Å²) in [4.78, 5) is 15.8. The fourth-order valence-corrected chi connectivity index (χ4v) is 2.04. The van der Waals surface area contributed by atoms with Crippen LogP contribution in [-0.2, 0) is 11.3 Å². The largest absolute Gasteiger partial charge is 0.481 e. The molecule has 1 aromatic rings. The molecule has 0 aliphatic carbocycles. The number of nitrogens with one attached hydrogen (secondary N) is 1. The van der Waals surface area contributed by atoms with Crippen LogP contribution in [0, 0.1) is 5.41 Å². The van der Waals surface area contributed by atoms with E-state index in [0.29, 0.717) is 18.8 Å². The van der Waals surface area contributed by atoms with Gasteiger partial charge < -0.3 is 15.8 Å². The van der Waals surface area contributed by atoms with Gasteiger partial charge in [0, 0.05) is 31.3 Å². The summed E-state index contributed by atoms with van der Waals surface area (Å²) in [6.07, 6.45) is 2.83. The molecule has 1 unspecified atom stereocenters. The summed E-state index contributed by atoms with van der Waals surface area (Å²) in [6.45, 7) is 6.82. The van der Waals surface area contributed by atoms with Gasteiger partial charge >= 0.3 is 0 Å². The smallest absolute Gasteiger partial charge is 0.221 e. The third-order valence-electron chi connectivity index (χ3n) is 2.82. The molecule has 0 radical (unpaired) electrons. The second-order valence-electron chi connectivity index (χ2n) is 6.21. The molecule has 0 saturated heterocycles. The molecule has 1 heterocycles. The Kier molecular flexibility index (Phi) is 5.95. The van der Waals surface area contributed by atoms with Crippen molar-refractivity contribution in [1.82, 2.24) is 10.3 Å². The molecule has 5 nitrogen and oxygen atoms in total. The van der Waals surface area contributed by atoms with Gasteiger partial charge in [0.1, 0.15) is 0 Å². The van der Waals surface area contributed by atoms with E-state index in [1.54, 1.807) is 19.4 Å². The number of nitrogens with two attached hydrogens (primary N) is 1. The number of nitrogens with zero attached hydrogens (tertiary/aromatic N) is 1. The first kappa shape index (κ1) is 16.4. The number of ether oxygens (including phenoxy) is 1. The molecule has 0 aliphatic rings. The van der Waals surface area contributed by atoms with Crippen molar-refractivity contribution in [2.45, 2.75) is 46.2 Å². The zero-order chi connectivity index (χ0) is 15.2. The summed E-state index contributed by atoms with van der Waals surface area (Å²) in [6, 6.07) is 3.54. The number of hydrogen-bond donors (Lipinski definition) is 2. The predicted octanol–water partition coefficient (Wildman–Crippen LogP) is 1.86. The number of carbonyl (C=O) groups is 1. The van der Waals surface area contributed by atoms with E-state index in [1.165, 1.54) is 0 Å². The first-order valence-electron chi connectivity index (χ1n) is 6.81. The van der Waals surface area contributed by atoms with Gasteiger partial charge in [-0.2, -0.15) is 0 Å². The van der Waals surface area contributed by atoms with Crippen molar-refractivity contribution in [3.63, 3.8) is 0 Å². The molecule has 0 spiro atoms. The number of carbonyl (C=O) groups excluding carboxylic acids is 1. The number of rotatable bonds is 6. The molecule has 3 N–H and O–H groups in total. The third-order valence-corrected chi connectivity index (χ3v) is 2.82. The van der Waals surface area contributed by atoms with Gasteiger partial charge in [0.15, 0.2) is 0 Å². The summed E-state index contributed by atoms with van der Waals surface area (Å²) in [5.41, 5.74) is 7.07. The van der Waals surface area contributed by atoms with Crippen LogP contribution < -0.4 is 15.8 Å². The quantitative estimate of drug-likeness (QED) is 0.833. The van der Waals surface area contributed by atoms with E-state index in [0.717, 1.165) is 12.0 Å². The van der Waals surface area contributed by atoms with Crippen molar-refractivity contribution >= 4 is 5.91 Å². The highest BCUT2D eigenvalue weighted by molar-refractivity contribution is 5.76. The molecule has 1 amide bonds. The van der Waals surface area contributed by atoms with E-state index in [1.807, 2.05) is 6.07 Å². The van der Waals surface area contributed by atoms with Crippen LogP contribution in [0.15, 0.2) is 18.3 Å². The minimum atomic E-state index is -0.109. The lowest BCUT2D eigenvalue weighted by Gasteiger charge is -2.22. The molecule has 0 aromatic carbocycles. The summed E-state index contributed by atoms with van der Waals surface area (Å²) in [5.74, 6) is 0.513. The molecule has 5 heteroatoms. The van der Waals surface area contributed by atoms with E-state index in [2.05, 4.69) is 31.1 Å². The molecule has 1 atom stereocenters. The Hall–Kier alpha value is -1.62. The number of methoxy groups -OCH3 is 1. The van der Waals surface area contributed by atoms with Gasteiger partial charge in [0.2, 0.25) is 11.8 Å². The average Bonchev–Trinajstić information content (AvgIpc) is 2.34. The normalized spacial score (nSPS) is 12.8. The fourth-order valence-electron chi connectivity index (χ4n) is 2.04. The summed E-state index contributed by atoms with van der Waals surface area (Å²) in [5, 5.41) is 2.86. The Morgan fingerprint density at radius 3 is 2.80 bits per heavy atom. The van der Waals surface area contributed by atoms with Crippen molar-refractivity contribution in [2.24, 2.45) is 11.1 Å². The van der Waals surface area contributed by atoms with Crippen LogP contribution in [0.5, 0.6) is 5.88 Å². The Labute approximate surface area is 120 Å². The van der Waals surface area contributed by atoms with Crippen LogP contribution in [0.1, 0.15) is 39.2 Å². The second kappa shape index (κ2) is 7.24. The zero-order valence-electron chi connectivity index (χ0n) is 12.8. The minimum absolute atomic E-state index is 0.0301. The van der Waals surface area contributed by atoms with Crippen molar-refractivity contribution < 1.29 is 9.53 Å². The molecule has 0 bridgehead atoms. The number of amides is 1. The fraction of sp³-hybridized carbons (Fsp3) is 0.600. The number of pyridine rings is 1. The van der Waals surface area contributed by atoms with Crippen LogP contribution in [0.3, 0.4) is 0 Å². The third kappa shape index (κ3) is 6.52. The van der Waals surface area contributed by atoms with E-state index >= 15 is 0 Å². The van der Waals surface area contributed by atoms with Crippen LogP contribution >= 0.6 is 0 Å². The van der Waals surface area contributed by atoms with Crippen LogP contribution in [0.25, 0.3) is 0 Å². The van der Waals surface area contributed by atoms with Gasteiger partial charge in [-0.1, -0.05) is 20.8 Å². The molecule has 0 fully saturated rings. The highest BCUT2D eigenvalue weighted by atomic mass is 16.5. The highest BCUT2D eigenvalue weighted by Gasteiger charge is 2.17. The Bertz CT molecular complexity index is 441.